The molecule has 8 heteroatoms. The van der Waals surface area contributed by atoms with Crippen LogP contribution in [0.3, 0.4) is 0 Å². The Morgan fingerprint density at radius 1 is 1.13 bits per heavy atom. The van der Waals surface area contributed by atoms with Gasteiger partial charge < -0.3 is 15.6 Å². The molecule has 0 aliphatic heterocycles. The lowest BCUT2D eigenvalue weighted by molar-refractivity contribution is 0.800. The monoisotopic (exact) mass is 515 g/mol. The van der Waals surface area contributed by atoms with E-state index in [-0.39, 0.29) is 24.0 Å². The Bertz CT molecular complexity index is 1090. The first-order valence-corrected chi connectivity index (χ1v) is 9.85. The fraction of sp³-hybridized carbons (Fsp3) is 0.227. The highest BCUT2D eigenvalue weighted by Crippen LogP contribution is 2.17. The summed E-state index contributed by atoms with van der Waals surface area (Å²) in [6.45, 7) is 4.26. The first-order chi connectivity index (χ1) is 14.3. The lowest BCUT2D eigenvalue weighted by Crippen LogP contribution is -2.38. The molecule has 0 aliphatic rings. The van der Waals surface area contributed by atoms with Gasteiger partial charge in [-0.2, -0.15) is 5.10 Å². The molecule has 0 amide bonds. The minimum Gasteiger partial charge on any atom is -0.361 e. The number of nitrogens with zero attached hydrogens (tertiary/aromatic N) is 4. The zero-order chi connectivity index (χ0) is 19.9. The van der Waals surface area contributed by atoms with E-state index in [4.69, 9.17) is 4.99 Å². The molecule has 3 aromatic heterocycles. The number of hydrogen-bond acceptors (Lipinski definition) is 3. The van der Waals surface area contributed by atoms with Crippen LogP contribution in [0, 0.1) is 0 Å². The second kappa shape index (κ2) is 10.8. The fourth-order valence-corrected chi connectivity index (χ4v) is 3.25. The molecule has 3 N–H and O–H groups in total. The van der Waals surface area contributed by atoms with Gasteiger partial charge >= 0.3 is 0 Å². The zero-order valence-electron chi connectivity index (χ0n) is 16.9. The summed E-state index contributed by atoms with van der Waals surface area (Å²) < 4.78 is 1.75. The molecule has 0 fully saturated rings. The third-order valence-electron chi connectivity index (χ3n) is 4.67. The summed E-state index contributed by atoms with van der Waals surface area (Å²) in [4.78, 5) is 12.4. The topological polar surface area (TPSA) is 82.9 Å². The van der Waals surface area contributed by atoms with Gasteiger partial charge in [0.2, 0.25) is 0 Å². The van der Waals surface area contributed by atoms with E-state index in [0.717, 1.165) is 36.9 Å². The maximum Gasteiger partial charge on any atom is 0.191 e. The van der Waals surface area contributed by atoms with Crippen LogP contribution in [0.1, 0.15) is 18.1 Å². The van der Waals surface area contributed by atoms with E-state index in [1.807, 2.05) is 30.5 Å². The Kier molecular flexibility index (Phi) is 7.83. The van der Waals surface area contributed by atoms with Crippen molar-refractivity contribution in [3.63, 3.8) is 0 Å². The van der Waals surface area contributed by atoms with Crippen molar-refractivity contribution in [1.29, 1.82) is 0 Å². The van der Waals surface area contributed by atoms with Crippen molar-refractivity contribution in [1.82, 2.24) is 30.4 Å². The van der Waals surface area contributed by atoms with E-state index in [0.29, 0.717) is 6.54 Å². The number of H-pyrrole nitrogens is 1. The van der Waals surface area contributed by atoms with Crippen LogP contribution >= 0.6 is 24.0 Å². The van der Waals surface area contributed by atoms with Crippen molar-refractivity contribution < 1.29 is 0 Å². The van der Waals surface area contributed by atoms with E-state index in [1.165, 1.54) is 16.5 Å². The summed E-state index contributed by atoms with van der Waals surface area (Å²) in [6.07, 6.45) is 8.43. The number of aromatic nitrogens is 4. The van der Waals surface area contributed by atoms with Crippen molar-refractivity contribution in [3.8, 4) is 5.82 Å². The number of para-hydroxylation sites is 1. The molecule has 4 rings (SSSR count). The molecule has 1 aromatic carbocycles. The van der Waals surface area contributed by atoms with Gasteiger partial charge in [-0.3, -0.25) is 0 Å². The molecular formula is C22H26IN7. The van der Waals surface area contributed by atoms with Crippen LogP contribution in [0.2, 0.25) is 0 Å². The Morgan fingerprint density at radius 3 is 2.87 bits per heavy atom. The molecule has 0 radical (unpaired) electrons. The minimum atomic E-state index is 0. The molecule has 0 unspecified atom stereocenters. The SMILES string of the molecule is CCNC(=NCc1ccnc(-n2cccn2)c1)NCCc1c[nH]c2ccccc12.I. The van der Waals surface area contributed by atoms with Gasteiger partial charge in [0.05, 0.1) is 6.54 Å². The fourth-order valence-electron chi connectivity index (χ4n) is 3.25. The van der Waals surface area contributed by atoms with Crippen molar-refractivity contribution in [2.75, 3.05) is 13.1 Å². The number of rotatable bonds is 7. The lowest BCUT2D eigenvalue weighted by atomic mass is 10.1. The van der Waals surface area contributed by atoms with Crippen LogP contribution in [0.5, 0.6) is 0 Å². The largest absolute Gasteiger partial charge is 0.361 e. The maximum atomic E-state index is 4.72. The van der Waals surface area contributed by atoms with Crippen molar-refractivity contribution in [2.45, 2.75) is 19.9 Å². The molecule has 156 valence electrons. The van der Waals surface area contributed by atoms with Crippen molar-refractivity contribution >= 4 is 40.8 Å². The quantitative estimate of drug-likeness (QED) is 0.199. The average molecular weight is 515 g/mol. The molecular weight excluding hydrogens is 489 g/mol. The lowest BCUT2D eigenvalue weighted by Gasteiger charge is -2.11. The second-order valence-corrected chi connectivity index (χ2v) is 6.70. The van der Waals surface area contributed by atoms with Gasteiger partial charge in [-0.1, -0.05) is 18.2 Å². The Hall–Kier alpha value is -2.88. The Balaban J connectivity index is 0.00000256. The van der Waals surface area contributed by atoms with Crippen LogP contribution in [-0.4, -0.2) is 38.8 Å². The maximum absolute atomic E-state index is 4.72. The molecule has 4 aromatic rings. The Labute approximate surface area is 193 Å². The van der Waals surface area contributed by atoms with Crippen LogP contribution in [-0.2, 0) is 13.0 Å². The summed E-state index contributed by atoms with van der Waals surface area (Å²) in [6, 6.07) is 14.2. The van der Waals surface area contributed by atoms with Crippen LogP contribution in [0.15, 0.2) is 72.2 Å². The average Bonchev–Trinajstić information content (AvgIpc) is 3.43. The molecule has 0 bridgehead atoms. The number of nitrogens with one attached hydrogen (secondary N) is 3. The molecule has 7 nitrogen and oxygen atoms in total. The van der Waals surface area contributed by atoms with Gasteiger partial charge in [0.1, 0.15) is 0 Å². The third-order valence-corrected chi connectivity index (χ3v) is 4.67. The standard InChI is InChI=1S/C22H25N7.HI/c1-2-23-22(25-12-9-18-16-26-20-7-4-3-6-19(18)20)27-15-17-8-11-24-21(14-17)29-13-5-10-28-29;/h3-8,10-11,13-14,16,26H,2,9,12,15H2,1H3,(H2,23,25,27);1H. The van der Waals surface area contributed by atoms with Gasteiger partial charge in [-0.05, 0) is 48.7 Å². The van der Waals surface area contributed by atoms with Crippen molar-refractivity contribution in [3.05, 3.63) is 78.4 Å². The highest BCUT2D eigenvalue weighted by Gasteiger charge is 2.04. The smallest absolute Gasteiger partial charge is 0.191 e. The minimum absolute atomic E-state index is 0. The second-order valence-electron chi connectivity index (χ2n) is 6.70. The predicted octanol–water partition coefficient (Wildman–Crippen LogP) is 3.66. The number of pyridine rings is 1. The van der Waals surface area contributed by atoms with Gasteiger partial charge in [-0.25, -0.2) is 14.7 Å². The molecule has 0 atom stereocenters. The summed E-state index contributed by atoms with van der Waals surface area (Å²) in [7, 11) is 0. The number of aromatic amines is 1. The van der Waals surface area contributed by atoms with Gasteiger partial charge in [0.15, 0.2) is 11.8 Å². The number of aliphatic imine (C=N–C) groups is 1. The summed E-state index contributed by atoms with van der Waals surface area (Å²) in [5, 5.41) is 12.2. The van der Waals surface area contributed by atoms with Crippen LogP contribution < -0.4 is 10.6 Å². The number of halogens is 1. The molecule has 30 heavy (non-hydrogen) atoms. The number of benzene rings is 1. The number of fused-ring (bicyclic) bond motifs is 1. The van der Waals surface area contributed by atoms with Crippen LogP contribution in [0.4, 0.5) is 0 Å². The third kappa shape index (κ3) is 5.38. The zero-order valence-corrected chi connectivity index (χ0v) is 19.2. The van der Waals surface area contributed by atoms with E-state index in [1.54, 1.807) is 17.1 Å². The van der Waals surface area contributed by atoms with Gasteiger partial charge in [0, 0.05) is 48.8 Å². The first kappa shape index (κ1) is 21.8. The predicted molar refractivity (Wildman–Crippen MR) is 132 cm³/mol. The van der Waals surface area contributed by atoms with Gasteiger partial charge in [-0.15, -0.1) is 24.0 Å². The van der Waals surface area contributed by atoms with E-state index in [9.17, 15) is 0 Å². The van der Waals surface area contributed by atoms with Crippen LogP contribution in [0.25, 0.3) is 16.7 Å². The summed E-state index contributed by atoms with van der Waals surface area (Å²) >= 11 is 0. The Morgan fingerprint density at radius 2 is 2.03 bits per heavy atom. The molecule has 0 aliphatic carbocycles. The molecule has 3 heterocycles. The van der Waals surface area contributed by atoms with E-state index < -0.39 is 0 Å². The molecule has 0 saturated carbocycles. The first-order valence-electron chi connectivity index (χ1n) is 9.85. The van der Waals surface area contributed by atoms with E-state index >= 15 is 0 Å². The highest BCUT2D eigenvalue weighted by molar-refractivity contribution is 14.0. The van der Waals surface area contributed by atoms with Gasteiger partial charge in [0.25, 0.3) is 0 Å². The molecule has 0 spiro atoms. The van der Waals surface area contributed by atoms with E-state index in [2.05, 4.69) is 57.0 Å². The van der Waals surface area contributed by atoms with Crippen molar-refractivity contribution in [2.24, 2.45) is 4.99 Å². The summed E-state index contributed by atoms with van der Waals surface area (Å²) in [5.74, 6) is 1.60. The highest BCUT2D eigenvalue weighted by atomic mass is 127. The number of guanidine groups is 1. The number of hydrogen-bond donors (Lipinski definition) is 3. The summed E-state index contributed by atoms with van der Waals surface area (Å²) in [5.41, 5.74) is 3.56. The normalized spacial score (nSPS) is 11.3. The molecule has 0 saturated heterocycles.